The summed E-state index contributed by atoms with van der Waals surface area (Å²) in [5.41, 5.74) is 0. The van der Waals surface area contributed by atoms with Crippen molar-refractivity contribution in [3.63, 3.8) is 0 Å². The van der Waals surface area contributed by atoms with Gasteiger partial charge in [-0.3, -0.25) is 9.59 Å². The molecule has 0 fully saturated rings. The fourth-order valence-corrected chi connectivity index (χ4v) is 1.58. The average molecular weight is 233 g/mol. The fraction of sp³-hybridized carbons (Fsp3) is 0.800. The molecule has 0 bridgehead atoms. The van der Waals surface area contributed by atoms with Crippen LogP contribution in [0.5, 0.6) is 0 Å². The van der Waals surface area contributed by atoms with Gasteiger partial charge in [-0.25, -0.2) is 0 Å². The second-order valence-corrected chi connectivity index (χ2v) is 3.97. The van der Waals surface area contributed by atoms with E-state index in [1.807, 2.05) is 6.92 Å². The molecule has 0 aliphatic rings. The molecule has 0 saturated carbocycles. The van der Waals surface area contributed by atoms with Crippen molar-refractivity contribution in [1.29, 1.82) is 0 Å². The van der Waals surface area contributed by atoms with Crippen LogP contribution < -0.4 is 5.32 Å². The number of nitrogens with one attached hydrogen (secondary N) is 1. The van der Waals surface area contributed by atoms with Gasteiger partial charge in [0.2, 0.25) is 5.91 Å². The topological polar surface area (TPSA) is 66.4 Å². The molecule has 0 rings (SSSR count). The zero-order valence-corrected chi connectivity index (χ0v) is 10.3. The highest BCUT2D eigenvalue weighted by Gasteiger charge is 2.27. The minimum Gasteiger partial charge on any atom is -0.392 e. The van der Waals surface area contributed by atoms with Gasteiger partial charge in [0.05, 0.1) is 12.1 Å². The van der Waals surface area contributed by atoms with Crippen LogP contribution in [0.15, 0.2) is 0 Å². The van der Waals surface area contributed by atoms with Gasteiger partial charge < -0.3 is 10.4 Å². The predicted molar refractivity (Wildman–Crippen MR) is 61.9 cm³/mol. The Labute approximate surface area is 95.8 Å². The zero-order valence-electron chi connectivity index (χ0n) is 9.36. The number of carbonyl (C=O) groups is 2. The van der Waals surface area contributed by atoms with Crippen molar-refractivity contribution in [2.45, 2.75) is 39.3 Å². The van der Waals surface area contributed by atoms with Crippen LogP contribution in [0.2, 0.25) is 0 Å². The lowest BCUT2D eigenvalue weighted by Crippen LogP contribution is -2.45. The normalized spacial score (nSPS) is 16.6. The highest BCUT2D eigenvalue weighted by Crippen LogP contribution is 2.11. The third-order valence-corrected chi connectivity index (χ3v) is 2.71. The van der Waals surface area contributed by atoms with Gasteiger partial charge in [-0.15, -0.1) is 0 Å². The molecule has 1 unspecified atom stereocenters. The number of ketones is 1. The molecule has 0 saturated heterocycles. The molecule has 2 N–H and O–H groups in total. The largest absolute Gasteiger partial charge is 0.392 e. The minimum atomic E-state index is -0.659. The number of hydrogen-bond acceptors (Lipinski definition) is 4. The second kappa shape index (κ2) is 6.85. The second-order valence-electron chi connectivity index (χ2n) is 3.60. The Morgan fingerprint density at radius 2 is 2.00 bits per heavy atom. The maximum absolute atomic E-state index is 11.8. The Balaban J connectivity index is 4.43. The third-order valence-electron chi connectivity index (χ3n) is 2.35. The molecule has 0 aliphatic carbocycles. The molecular formula is C10H19NO3S. The van der Waals surface area contributed by atoms with Gasteiger partial charge >= 0.3 is 0 Å². The zero-order chi connectivity index (χ0) is 12.0. The Morgan fingerprint density at radius 3 is 2.33 bits per heavy atom. The van der Waals surface area contributed by atoms with Gasteiger partial charge in [-0.05, 0) is 6.42 Å². The molecular weight excluding hydrogens is 214 g/mol. The molecule has 15 heavy (non-hydrogen) atoms. The van der Waals surface area contributed by atoms with Gasteiger partial charge in [0.15, 0.2) is 5.78 Å². The van der Waals surface area contributed by atoms with Crippen LogP contribution in [0.3, 0.4) is 0 Å². The maximum atomic E-state index is 11.8. The van der Waals surface area contributed by atoms with E-state index in [2.05, 4.69) is 17.9 Å². The predicted octanol–water partition coefficient (Wildman–Crippen LogP) is 0.397. The Hall–Kier alpha value is -0.550. The van der Waals surface area contributed by atoms with Crippen LogP contribution in [0.25, 0.3) is 0 Å². The van der Waals surface area contributed by atoms with E-state index in [0.717, 1.165) is 0 Å². The first kappa shape index (κ1) is 14.5. The van der Waals surface area contributed by atoms with Crippen molar-refractivity contribution in [2.75, 3.05) is 5.75 Å². The first-order chi connectivity index (χ1) is 6.93. The number of rotatable bonds is 6. The van der Waals surface area contributed by atoms with Crippen molar-refractivity contribution < 1.29 is 14.7 Å². The number of aliphatic hydroxyl groups is 1. The summed E-state index contributed by atoms with van der Waals surface area (Å²) in [5, 5.41) is 12.0. The van der Waals surface area contributed by atoms with Gasteiger partial charge in [0.25, 0.3) is 0 Å². The number of hydrogen-bond donors (Lipinski definition) is 3. The monoisotopic (exact) mass is 233 g/mol. The van der Waals surface area contributed by atoms with Crippen LogP contribution in [-0.2, 0) is 9.59 Å². The van der Waals surface area contributed by atoms with Crippen molar-refractivity contribution in [2.24, 2.45) is 5.92 Å². The van der Waals surface area contributed by atoms with E-state index in [1.165, 1.54) is 6.92 Å². The molecule has 1 amide bonds. The van der Waals surface area contributed by atoms with Gasteiger partial charge in [0, 0.05) is 18.6 Å². The molecule has 3 atom stereocenters. The van der Waals surface area contributed by atoms with Crippen LogP contribution in [0.1, 0.15) is 27.2 Å². The first-order valence-corrected chi connectivity index (χ1v) is 5.67. The maximum Gasteiger partial charge on any atom is 0.217 e. The molecule has 5 heteroatoms. The van der Waals surface area contributed by atoms with Crippen molar-refractivity contribution >= 4 is 24.3 Å². The summed E-state index contributed by atoms with van der Waals surface area (Å²) in [6, 6.07) is -0.609. The number of Topliss-reactive ketones (excluding diaryl/α,β-unsaturated/α-hetero) is 1. The summed E-state index contributed by atoms with van der Waals surface area (Å²) in [7, 11) is 0. The summed E-state index contributed by atoms with van der Waals surface area (Å²) in [6.07, 6.45) is -0.139. The van der Waals surface area contributed by atoms with E-state index in [1.54, 1.807) is 6.92 Å². The standard InChI is InChI=1S/C10H19NO3S/c1-4-9(13)6(2)10(14)8(5-15)11-7(3)12/h6,8-9,13,15H,4-5H2,1-3H3,(H,11,12)/t6?,8-,9-/m1/s1. The molecule has 4 nitrogen and oxygen atoms in total. The molecule has 0 aromatic heterocycles. The van der Waals surface area contributed by atoms with E-state index >= 15 is 0 Å². The van der Waals surface area contributed by atoms with Gasteiger partial charge in [-0.1, -0.05) is 13.8 Å². The number of carbonyl (C=O) groups excluding carboxylic acids is 2. The summed E-state index contributed by atoms with van der Waals surface area (Å²) in [4.78, 5) is 22.6. The quantitative estimate of drug-likeness (QED) is 0.582. The Kier molecular flexibility index (Phi) is 6.60. The van der Waals surface area contributed by atoms with Crippen LogP contribution in [-0.4, -0.2) is 34.7 Å². The van der Waals surface area contributed by atoms with Crippen molar-refractivity contribution in [3.8, 4) is 0 Å². The summed E-state index contributed by atoms with van der Waals surface area (Å²) < 4.78 is 0. The smallest absolute Gasteiger partial charge is 0.217 e. The van der Waals surface area contributed by atoms with Crippen LogP contribution in [0, 0.1) is 5.92 Å². The number of amides is 1. The van der Waals surface area contributed by atoms with E-state index < -0.39 is 18.1 Å². The highest BCUT2D eigenvalue weighted by atomic mass is 32.1. The summed E-state index contributed by atoms with van der Waals surface area (Å²) >= 11 is 4.00. The molecule has 0 heterocycles. The number of aliphatic hydroxyl groups excluding tert-OH is 1. The lowest BCUT2D eigenvalue weighted by molar-refractivity contribution is -0.130. The van der Waals surface area contributed by atoms with E-state index in [0.29, 0.717) is 6.42 Å². The van der Waals surface area contributed by atoms with Crippen LogP contribution in [0.4, 0.5) is 0 Å². The summed E-state index contributed by atoms with van der Waals surface area (Å²) in [5.74, 6) is -0.659. The molecule has 0 spiro atoms. The molecule has 88 valence electrons. The van der Waals surface area contributed by atoms with E-state index in [-0.39, 0.29) is 17.4 Å². The lowest BCUT2D eigenvalue weighted by atomic mass is 9.93. The van der Waals surface area contributed by atoms with Gasteiger partial charge in [-0.2, -0.15) is 12.6 Å². The average Bonchev–Trinajstić information content (AvgIpc) is 2.22. The molecule has 0 aromatic rings. The number of thiol groups is 1. The van der Waals surface area contributed by atoms with Crippen molar-refractivity contribution in [3.05, 3.63) is 0 Å². The fourth-order valence-electron chi connectivity index (χ4n) is 1.31. The van der Waals surface area contributed by atoms with E-state index in [9.17, 15) is 14.7 Å². The van der Waals surface area contributed by atoms with Crippen molar-refractivity contribution in [1.82, 2.24) is 5.32 Å². The molecule has 0 aromatic carbocycles. The van der Waals surface area contributed by atoms with Gasteiger partial charge in [0.1, 0.15) is 0 Å². The molecule has 0 radical (unpaired) electrons. The minimum absolute atomic E-state index is 0.172. The third kappa shape index (κ3) is 4.66. The lowest BCUT2D eigenvalue weighted by Gasteiger charge is -2.21. The highest BCUT2D eigenvalue weighted by molar-refractivity contribution is 7.80. The SMILES string of the molecule is CC[C@@H](O)C(C)C(=O)[C@@H](CS)NC(C)=O. The van der Waals surface area contributed by atoms with E-state index in [4.69, 9.17) is 0 Å². The summed E-state index contributed by atoms with van der Waals surface area (Å²) in [6.45, 7) is 4.82. The first-order valence-electron chi connectivity index (χ1n) is 5.03. The Bertz CT molecular complexity index is 233. The van der Waals surface area contributed by atoms with Crippen LogP contribution >= 0.6 is 12.6 Å². The Morgan fingerprint density at radius 1 is 1.47 bits per heavy atom. The molecule has 0 aliphatic heterocycles.